The molecule has 1 amide bonds. The second kappa shape index (κ2) is 8.59. The van der Waals surface area contributed by atoms with Crippen LogP contribution in [-0.4, -0.2) is 44.4 Å². The smallest absolute Gasteiger partial charge is 0.376 e. The molecule has 2 atom stereocenters. The number of rotatable bonds is 6. The van der Waals surface area contributed by atoms with Crippen molar-refractivity contribution < 1.29 is 31.8 Å². The van der Waals surface area contributed by atoms with Gasteiger partial charge in [-0.15, -0.1) is 0 Å². The van der Waals surface area contributed by atoms with Crippen molar-refractivity contribution in [1.82, 2.24) is 5.32 Å². The number of hydrogen-bond acceptors (Lipinski definition) is 4. The molecule has 1 fully saturated rings. The van der Waals surface area contributed by atoms with Crippen LogP contribution in [0.3, 0.4) is 0 Å². The maximum Gasteiger partial charge on any atom is 0.419 e. The van der Waals surface area contributed by atoms with Crippen LogP contribution in [-0.2, 0) is 26.9 Å². The Morgan fingerprint density at radius 2 is 2.12 bits per heavy atom. The minimum absolute atomic E-state index is 0.119. The van der Waals surface area contributed by atoms with E-state index in [4.69, 9.17) is 15.2 Å². The molecule has 25 heavy (non-hydrogen) atoms. The molecule has 9 heteroatoms. The Morgan fingerprint density at radius 1 is 1.36 bits per heavy atom. The zero-order chi connectivity index (χ0) is 18.4. The van der Waals surface area contributed by atoms with Gasteiger partial charge in [0.25, 0.3) is 0 Å². The summed E-state index contributed by atoms with van der Waals surface area (Å²) in [6.45, 7) is 1.76. The van der Waals surface area contributed by atoms with Crippen molar-refractivity contribution in [3.05, 3.63) is 35.1 Å². The quantitative estimate of drug-likeness (QED) is 0.753. The molecule has 140 valence electrons. The molecule has 1 aliphatic rings. The second-order valence-corrected chi connectivity index (χ2v) is 5.73. The molecule has 2 rings (SSSR count). The lowest BCUT2D eigenvalue weighted by atomic mass is 10.0. The van der Waals surface area contributed by atoms with Crippen LogP contribution in [0.15, 0.2) is 18.2 Å². The van der Waals surface area contributed by atoms with Gasteiger partial charge in [0, 0.05) is 6.54 Å². The van der Waals surface area contributed by atoms with Gasteiger partial charge in [-0.05, 0) is 24.5 Å². The van der Waals surface area contributed by atoms with Crippen molar-refractivity contribution in [2.45, 2.75) is 31.2 Å². The van der Waals surface area contributed by atoms with Crippen LogP contribution in [0.4, 0.5) is 17.6 Å². The number of halogens is 4. The summed E-state index contributed by atoms with van der Waals surface area (Å²) in [5.74, 6) is -1.96. The standard InChI is InChI=1S/C16H20F4N2O3/c17-14-10(2-1-3-12(14)16(18,19)20)8-13(21)15(23)22-5-4-11-9-24-6-7-25-11/h1-3,11,13H,4-9,21H2,(H,22,23). The summed E-state index contributed by atoms with van der Waals surface area (Å²) in [4.78, 5) is 11.9. The molecule has 0 aromatic heterocycles. The van der Waals surface area contributed by atoms with E-state index in [1.54, 1.807) is 0 Å². The zero-order valence-corrected chi connectivity index (χ0v) is 13.4. The monoisotopic (exact) mass is 364 g/mol. The van der Waals surface area contributed by atoms with Crippen molar-refractivity contribution in [3.63, 3.8) is 0 Å². The predicted octanol–water partition coefficient (Wildman–Crippen LogP) is 1.64. The third kappa shape index (κ3) is 5.65. The molecule has 0 radical (unpaired) electrons. The van der Waals surface area contributed by atoms with Crippen molar-refractivity contribution in [1.29, 1.82) is 0 Å². The van der Waals surface area contributed by atoms with E-state index in [1.807, 2.05) is 0 Å². The number of hydrogen-bond donors (Lipinski definition) is 2. The molecule has 1 aliphatic heterocycles. The molecule has 0 spiro atoms. The van der Waals surface area contributed by atoms with E-state index in [0.717, 1.165) is 6.07 Å². The highest BCUT2D eigenvalue weighted by molar-refractivity contribution is 5.81. The van der Waals surface area contributed by atoms with Crippen molar-refractivity contribution >= 4 is 5.91 Å². The number of ether oxygens (including phenoxy) is 2. The van der Waals surface area contributed by atoms with Crippen LogP contribution in [0.5, 0.6) is 0 Å². The molecule has 1 aromatic carbocycles. The van der Waals surface area contributed by atoms with Crippen LogP contribution < -0.4 is 11.1 Å². The molecule has 1 saturated heterocycles. The maximum atomic E-state index is 13.9. The Hall–Kier alpha value is -1.71. The topological polar surface area (TPSA) is 73.6 Å². The summed E-state index contributed by atoms with van der Waals surface area (Å²) in [7, 11) is 0. The lowest BCUT2D eigenvalue weighted by molar-refractivity contribution is -0.140. The van der Waals surface area contributed by atoms with Gasteiger partial charge in [0.1, 0.15) is 5.82 Å². The Balaban J connectivity index is 1.86. The average Bonchev–Trinajstić information content (AvgIpc) is 2.56. The SMILES string of the molecule is NC(Cc1cccc(C(F)(F)F)c1F)C(=O)NCCC1COCCO1. The van der Waals surface area contributed by atoms with Gasteiger partial charge in [0.15, 0.2) is 0 Å². The molecular formula is C16H20F4N2O3. The van der Waals surface area contributed by atoms with Gasteiger partial charge < -0.3 is 20.5 Å². The van der Waals surface area contributed by atoms with Crippen molar-refractivity contribution in [2.75, 3.05) is 26.4 Å². The minimum Gasteiger partial charge on any atom is -0.376 e. The lowest BCUT2D eigenvalue weighted by Crippen LogP contribution is -2.43. The van der Waals surface area contributed by atoms with Crippen molar-refractivity contribution in [2.24, 2.45) is 5.73 Å². The number of nitrogens with two attached hydrogens (primary N) is 1. The highest BCUT2D eigenvalue weighted by Gasteiger charge is 2.35. The first kappa shape index (κ1) is 19.6. The molecule has 0 saturated carbocycles. The first-order chi connectivity index (χ1) is 11.8. The molecule has 3 N–H and O–H groups in total. The predicted molar refractivity (Wildman–Crippen MR) is 81.3 cm³/mol. The van der Waals surface area contributed by atoms with Gasteiger partial charge in [-0.25, -0.2) is 4.39 Å². The van der Waals surface area contributed by atoms with Crippen LogP contribution in [0.2, 0.25) is 0 Å². The molecule has 0 bridgehead atoms. The highest BCUT2D eigenvalue weighted by Crippen LogP contribution is 2.32. The summed E-state index contributed by atoms with van der Waals surface area (Å²) >= 11 is 0. The maximum absolute atomic E-state index is 13.9. The van der Waals surface area contributed by atoms with Gasteiger partial charge in [0.2, 0.25) is 5.91 Å². The summed E-state index contributed by atoms with van der Waals surface area (Å²) < 4.78 is 62.7. The number of alkyl halides is 3. The van der Waals surface area contributed by atoms with Gasteiger partial charge in [-0.3, -0.25) is 4.79 Å². The summed E-state index contributed by atoms with van der Waals surface area (Å²) in [6.07, 6.45) is -4.72. The number of benzene rings is 1. The van der Waals surface area contributed by atoms with E-state index in [0.29, 0.717) is 32.3 Å². The van der Waals surface area contributed by atoms with E-state index >= 15 is 0 Å². The molecule has 0 aliphatic carbocycles. The largest absolute Gasteiger partial charge is 0.419 e. The van der Waals surface area contributed by atoms with Crippen LogP contribution in [0, 0.1) is 5.82 Å². The second-order valence-electron chi connectivity index (χ2n) is 5.73. The minimum atomic E-state index is -4.80. The van der Waals surface area contributed by atoms with E-state index in [9.17, 15) is 22.4 Å². The first-order valence-electron chi connectivity index (χ1n) is 7.86. The van der Waals surface area contributed by atoms with Gasteiger partial charge in [0.05, 0.1) is 37.5 Å². The Labute approximate surface area is 142 Å². The molecule has 1 aromatic rings. The Morgan fingerprint density at radius 3 is 2.76 bits per heavy atom. The fourth-order valence-corrected chi connectivity index (χ4v) is 2.48. The Bertz CT molecular complexity index is 589. The van der Waals surface area contributed by atoms with Gasteiger partial charge in [-0.1, -0.05) is 12.1 Å². The number of nitrogens with one attached hydrogen (secondary N) is 1. The van der Waals surface area contributed by atoms with Crippen LogP contribution in [0.25, 0.3) is 0 Å². The van der Waals surface area contributed by atoms with Gasteiger partial charge in [-0.2, -0.15) is 13.2 Å². The normalized spacial score (nSPS) is 19.5. The lowest BCUT2D eigenvalue weighted by Gasteiger charge is -2.23. The fraction of sp³-hybridized carbons (Fsp3) is 0.562. The summed E-state index contributed by atoms with van der Waals surface area (Å²) in [5.41, 5.74) is 4.06. The number of amides is 1. The average molecular weight is 364 g/mol. The van der Waals surface area contributed by atoms with Gasteiger partial charge >= 0.3 is 6.18 Å². The van der Waals surface area contributed by atoms with Crippen LogP contribution >= 0.6 is 0 Å². The molecule has 2 unspecified atom stereocenters. The van der Waals surface area contributed by atoms with Crippen molar-refractivity contribution in [3.8, 4) is 0 Å². The molecule has 5 nitrogen and oxygen atoms in total. The van der Waals surface area contributed by atoms with E-state index in [2.05, 4.69) is 5.32 Å². The third-order valence-electron chi connectivity index (χ3n) is 3.81. The summed E-state index contributed by atoms with van der Waals surface area (Å²) in [6, 6.07) is 1.77. The number of carbonyl (C=O) groups is 1. The molecule has 1 heterocycles. The highest BCUT2D eigenvalue weighted by atomic mass is 19.4. The van der Waals surface area contributed by atoms with E-state index in [-0.39, 0.29) is 24.6 Å². The summed E-state index contributed by atoms with van der Waals surface area (Å²) in [5, 5.41) is 2.57. The van der Waals surface area contributed by atoms with Crippen LogP contribution in [0.1, 0.15) is 17.5 Å². The van der Waals surface area contributed by atoms with E-state index in [1.165, 1.54) is 6.07 Å². The zero-order valence-electron chi connectivity index (χ0n) is 13.4. The fourth-order valence-electron chi connectivity index (χ4n) is 2.48. The first-order valence-corrected chi connectivity index (χ1v) is 7.86. The third-order valence-corrected chi connectivity index (χ3v) is 3.81. The molecular weight excluding hydrogens is 344 g/mol. The Kier molecular flexibility index (Phi) is 6.74. The number of carbonyl (C=O) groups excluding carboxylic acids is 1. The van der Waals surface area contributed by atoms with E-state index < -0.39 is 29.5 Å².